The van der Waals surface area contributed by atoms with E-state index in [-0.39, 0.29) is 23.7 Å². The van der Waals surface area contributed by atoms with Crippen LogP contribution in [-0.4, -0.2) is 27.6 Å². The van der Waals surface area contributed by atoms with E-state index >= 15 is 0 Å². The van der Waals surface area contributed by atoms with E-state index in [2.05, 4.69) is 15.6 Å². The lowest BCUT2D eigenvalue weighted by molar-refractivity contribution is -0.137. The molecule has 0 saturated heterocycles. The van der Waals surface area contributed by atoms with E-state index in [4.69, 9.17) is 0 Å². The zero-order valence-corrected chi connectivity index (χ0v) is 17.1. The Morgan fingerprint density at radius 2 is 1.66 bits per heavy atom. The number of nitrogens with one attached hydrogen (secondary N) is 2. The molecule has 0 atom stereocenters. The molecule has 0 fully saturated rings. The highest BCUT2D eigenvalue weighted by atomic mass is 19.1. The number of halogens is 1. The summed E-state index contributed by atoms with van der Waals surface area (Å²) in [5.74, 6) is -1.59. The van der Waals surface area contributed by atoms with Crippen molar-refractivity contribution in [2.75, 3.05) is 10.6 Å². The van der Waals surface area contributed by atoms with Crippen molar-refractivity contribution in [2.24, 2.45) is 0 Å². The largest absolute Gasteiger partial charge is 0.350 e. The van der Waals surface area contributed by atoms with Crippen LogP contribution in [0.25, 0.3) is 5.57 Å². The van der Waals surface area contributed by atoms with Gasteiger partial charge >= 0.3 is 0 Å². The Kier molecular flexibility index (Phi) is 5.76. The second-order valence-corrected chi connectivity index (χ2v) is 7.20. The first-order chi connectivity index (χ1) is 15.4. The number of benzene rings is 2. The number of anilines is 2. The van der Waals surface area contributed by atoms with Gasteiger partial charge in [0.15, 0.2) is 0 Å². The summed E-state index contributed by atoms with van der Waals surface area (Å²) in [5.41, 5.74) is 2.54. The van der Waals surface area contributed by atoms with Crippen LogP contribution in [0.3, 0.4) is 0 Å². The van der Waals surface area contributed by atoms with Crippen molar-refractivity contribution in [3.63, 3.8) is 0 Å². The summed E-state index contributed by atoms with van der Waals surface area (Å²) in [6, 6.07) is 15.6. The molecule has 0 radical (unpaired) electrons. The summed E-state index contributed by atoms with van der Waals surface area (Å²) < 4.78 is 13.3. The SMILES string of the molecule is CC(=O)Nc1ccc(C2=C(Nc3ccc(F)cc3)C(=O)N(Cc3cccnc3)C2=O)cc1. The summed E-state index contributed by atoms with van der Waals surface area (Å²) >= 11 is 0. The summed E-state index contributed by atoms with van der Waals surface area (Å²) in [4.78, 5) is 43.0. The molecule has 160 valence electrons. The third-order valence-corrected chi connectivity index (χ3v) is 4.84. The Morgan fingerprint density at radius 1 is 0.969 bits per heavy atom. The lowest BCUT2D eigenvalue weighted by Crippen LogP contribution is -2.32. The number of carbonyl (C=O) groups is 3. The summed E-state index contributed by atoms with van der Waals surface area (Å²) in [5, 5.41) is 5.64. The molecule has 0 saturated carbocycles. The van der Waals surface area contributed by atoms with Crippen LogP contribution in [0.5, 0.6) is 0 Å². The average molecular weight is 430 g/mol. The molecule has 1 aliphatic rings. The van der Waals surface area contributed by atoms with Crippen LogP contribution in [0.2, 0.25) is 0 Å². The van der Waals surface area contributed by atoms with Crippen LogP contribution in [-0.2, 0) is 20.9 Å². The van der Waals surface area contributed by atoms with E-state index < -0.39 is 17.6 Å². The van der Waals surface area contributed by atoms with Gasteiger partial charge in [0.2, 0.25) is 5.91 Å². The van der Waals surface area contributed by atoms with Crippen molar-refractivity contribution in [1.82, 2.24) is 9.88 Å². The quantitative estimate of drug-likeness (QED) is 0.584. The molecule has 0 spiro atoms. The zero-order valence-electron chi connectivity index (χ0n) is 17.1. The van der Waals surface area contributed by atoms with Gasteiger partial charge in [0, 0.05) is 30.7 Å². The number of pyridine rings is 1. The van der Waals surface area contributed by atoms with Gasteiger partial charge in [0.25, 0.3) is 11.8 Å². The number of aromatic nitrogens is 1. The van der Waals surface area contributed by atoms with Crippen LogP contribution < -0.4 is 10.6 Å². The zero-order chi connectivity index (χ0) is 22.7. The van der Waals surface area contributed by atoms with Gasteiger partial charge in [0.1, 0.15) is 11.5 Å². The van der Waals surface area contributed by atoms with Crippen molar-refractivity contribution in [3.05, 3.63) is 95.7 Å². The molecule has 4 rings (SSSR count). The van der Waals surface area contributed by atoms with E-state index in [9.17, 15) is 18.8 Å². The molecule has 0 aliphatic carbocycles. The fourth-order valence-corrected chi connectivity index (χ4v) is 3.38. The molecule has 8 heteroatoms. The van der Waals surface area contributed by atoms with Crippen molar-refractivity contribution in [3.8, 4) is 0 Å². The molecule has 3 aromatic rings. The molecule has 1 aliphatic heterocycles. The number of imide groups is 1. The van der Waals surface area contributed by atoms with Gasteiger partial charge in [-0.25, -0.2) is 4.39 Å². The van der Waals surface area contributed by atoms with Crippen molar-refractivity contribution in [1.29, 1.82) is 0 Å². The predicted molar refractivity (Wildman–Crippen MR) is 117 cm³/mol. The fraction of sp³-hybridized carbons (Fsp3) is 0.0833. The maximum absolute atomic E-state index is 13.3. The highest BCUT2D eigenvalue weighted by Crippen LogP contribution is 2.32. The minimum absolute atomic E-state index is 0.0631. The summed E-state index contributed by atoms with van der Waals surface area (Å²) in [7, 11) is 0. The Balaban J connectivity index is 1.71. The second-order valence-electron chi connectivity index (χ2n) is 7.20. The normalized spacial score (nSPS) is 13.5. The predicted octanol–water partition coefficient (Wildman–Crippen LogP) is 3.57. The Labute approximate surface area is 183 Å². The van der Waals surface area contributed by atoms with Crippen molar-refractivity contribution < 1.29 is 18.8 Å². The molecule has 32 heavy (non-hydrogen) atoms. The standard InChI is InChI=1S/C24H19FN4O3/c1-15(30)27-19-8-4-17(5-9-19)21-22(28-20-10-6-18(25)7-11-20)24(32)29(23(21)31)14-16-3-2-12-26-13-16/h2-13,28H,14H2,1H3,(H,27,30). The summed E-state index contributed by atoms with van der Waals surface area (Å²) in [6.07, 6.45) is 3.20. The van der Waals surface area contributed by atoms with E-state index in [1.807, 2.05) is 0 Å². The lowest BCUT2D eigenvalue weighted by Gasteiger charge is -2.15. The average Bonchev–Trinajstić information content (AvgIpc) is 3.00. The van der Waals surface area contributed by atoms with Gasteiger partial charge in [-0.2, -0.15) is 0 Å². The van der Waals surface area contributed by atoms with Crippen LogP contribution in [0.15, 0.2) is 78.8 Å². The molecule has 0 bridgehead atoms. The second kappa shape index (κ2) is 8.81. The molecule has 2 heterocycles. The molecular formula is C24H19FN4O3. The Morgan fingerprint density at radius 3 is 2.28 bits per heavy atom. The molecule has 2 N–H and O–H groups in total. The minimum atomic E-state index is -0.496. The first kappa shape index (κ1) is 20.9. The Bertz CT molecular complexity index is 1210. The lowest BCUT2D eigenvalue weighted by atomic mass is 10.0. The molecule has 1 aromatic heterocycles. The number of hydrogen-bond acceptors (Lipinski definition) is 5. The topological polar surface area (TPSA) is 91.4 Å². The number of rotatable bonds is 6. The molecule has 0 unspecified atom stereocenters. The molecule has 3 amide bonds. The number of hydrogen-bond donors (Lipinski definition) is 2. The van der Waals surface area contributed by atoms with Gasteiger partial charge < -0.3 is 10.6 Å². The molecule has 7 nitrogen and oxygen atoms in total. The Hall–Kier alpha value is -4.33. The van der Waals surface area contributed by atoms with Crippen LogP contribution in [0.4, 0.5) is 15.8 Å². The van der Waals surface area contributed by atoms with E-state index in [1.54, 1.807) is 48.8 Å². The third-order valence-electron chi connectivity index (χ3n) is 4.84. The van der Waals surface area contributed by atoms with E-state index in [0.717, 1.165) is 4.90 Å². The van der Waals surface area contributed by atoms with Crippen LogP contribution in [0.1, 0.15) is 18.1 Å². The maximum Gasteiger partial charge on any atom is 0.278 e. The van der Waals surface area contributed by atoms with Crippen LogP contribution >= 0.6 is 0 Å². The summed E-state index contributed by atoms with van der Waals surface area (Å²) in [6.45, 7) is 1.46. The van der Waals surface area contributed by atoms with E-state index in [0.29, 0.717) is 22.5 Å². The van der Waals surface area contributed by atoms with E-state index in [1.165, 1.54) is 31.2 Å². The van der Waals surface area contributed by atoms with Crippen molar-refractivity contribution >= 4 is 34.7 Å². The minimum Gasteiger partial charge on any atom is -0.350 e. The number of carbonyl (C=O) groups excluding carboxylic acids is 3. The van der Waals surface area contributed by atoms with Gasteiger partial charge in [-0.3, -0.25) is 24.3 Å². The van der Waals surface area contributed by atoms with Crippen LogP contribution in [0, 0.1) is 5.82 Å². The fourth-order valence-electron chi connectivity index (χ4n) is 3.38. The number of amides is 3. The maximum atomic E-state index is 13.3. The molecule has 2 aromatic carbocycles. The first-order valence-electron chi connectivity index (χ1n) is 9.82. The first-order valence-corrected chi connectivity index (χ1v) is 9.82. The van der Waals surface area contributed by atoms with Crippen molar-refractivity contribution in [2.45, 2.75) is 13.5 Å². The smallest absolute Gasteiger partial charge is 0.278 e. The highest BCUT2D eigenvalue weighted by molar-refractivity contribution is 6.36. The highest BCUT2D eigenvalue weighted by Gasteiger charge is 2.39. The molecular weight excluding hydrogens is 411 g/mol. The monoisotopic (exact) mass is 430 g/mol. The van der Waals surface area contributed by atoms with Gasteiger partial charge in [-0.1, -0.05) is 18.2 Å². The van der Waals surface area contributed by atoms with Gasteiger partial charge in [0.05, 0.1) is 12.1 Å². The number of nitrogens with zero attached hydrogens (tertiary/aromatic N) is 2. The van der Waals surface area contributed by atoms with Gasteiger partial charge in [-0.15, -0.1) is 0 Å². The van der Waals surface area contributed by atoms with Gasteiger partial charge in [-0.05, 0) is 53.6 Å². The third kappa shape index (κ3) is 4.39.